The van der Waals surface area contributed by atoms with Gasteiger partial charge in [-0.25, -0.2) is 13.9 Å². The monoisotopic (exact) mass is 368 g/mol. The minimum atomic E-state index is -0.289. The van der Waals surface area contributed by atoms with Gasteiger partial charge in [0.25, 0.3) is 0 Å². The van der Waals surface area contributed by atoms with Crippen molar-refractivity contribution in [3.05, 3.63) is 65.9 Å². The zero-order valence-corrected chi connectivity index (χ0v) is 14.8. The lowest BCUT2D eigenvalue weighted by atomic mass is 9.95. The third-order valence-corrected chi connectivity index (χ3v) is 4.84. The Bertz CT molecular complexity index is 907. The number of H-pyrrole nitrogens is 1. The smallest absolute Gasteiger partial charge is 0.323 e. The molecular formula is C19H21FN6O. The zero-order valence-electron chi connectivity index (χ0n) is 14.8. The van der Waals surface area contributed by atoms with E-state index < -0.39 is 0 Å². The molecule has 1 fully saturated rings. The van der Waals surface area contributed by atoms with Crippen molar-refractivity contribution >= 4 is 11.8 Å². The minimum Gasteiger partial charge on any atom is -0.324 e. The van der Waals surface area contributed by atoms with Crippen LogP contribution in [0.4, 0.5) is 15.0 Å². The van der Waals surface area contributed by atoms with Gasteiger partial charge in [-0.1, -0.05) is 12.1 Å². The summed E-state index contributed by atoms with van der Waals surface area (Å²) in [6, 6.07) is 9.91. The molecule has 0 spiro atoms. The van der Waals surface area contributed by atoms with E-state index >= 15 is 0 Å². The van der Waals surface area contributed by atoms with Gasteiger partial charge in [-0.2, -0.15) is 10.2 Å². The molecule has 0 saturated carbocycles. The van der Waals surface area contributed by atoms with Crippen LogP contribution in [-0.4, -0.2) is 44.0 Å². The summed E-state index contributed by atoms with van der Waals surface area (Å²) in [7, 11) is 0. The Kier molecular flexibility index (Phi) is 4.86. The van der Waals surface area contributed by atoms with Crippen LogP contribution < -0.4 is 5.32 Å². The number of nitrogens with one attached hydrogen (secondary N) is 2. The highest BCUT2D eigenvalue weighted by atomic mass is 19.1. The highest BCUT2D eigenvalue weighted by molar-refractivity contribution is 5.88. The summed E-state index contributed by atoms with van der Waals surface area (Å²) in [5.74, 6) is 0.570. The third-order valence-electron chi connectivity index (χ3n) is 4.84. The second-order valence-corrected chi connectivity index (χ2v) is 6.73. The first-order chi connectivity index (χ1) is 13.2. The van der Waals surface area contributed by atoms with E-state index in [4.69, 9.17) is 0 Å². The largest absolute Gasteiger partial charge is 0.324 e. The lowest BCUT2D eigenvalue weighted by molar-refractivity contribution is 0.192. The van der Waals surface area contributed by atoms with Crippen molar-refractivity contribution in [2.45, 2.75) is 25.3 Å². The molecule has 0 aliphatic carbocycles. The van der Waals surface area contributed by atoms with Crippen molar-refractivity contribution in [2.24, 2.45) is 0 Å². The molecule has 1 saturated heterocycles. The molecule has 1 aliphatic heterocycles. The maximum absolute atomic E-state index is 13.4. The van der Waals surface area contributed by atoms with Gasteiger partial charge in [-0.05, 0) is 36.6 Å². The number of nitrogens with zero attached hydrogens (tertiary/aromatic N) is 4. The Morgan fingerprint density at radius 3 is 3.04 bits per heavy atom. The number of hydrogen-bond acceptors (Lipinski definition) is 3. The van der Waals surface area contributed by atoms with Crippen LogP contribution in [0.2, 0.25) is 0 Å². The Balaban J connectivity index is 1.42. The van der Waals surface area contributed by atoms with E-state index in [2.05, 4.69) is 20.6 Å². The number of amides is 2. The summed E-state index contributed by atoms with van der Waals surface area (Å²) in [4.78, 5) is 14.5. The summed E-state index contributed by atoms with van der Waals surface area (Å²) in [6.07, 6.45) is 5.33. The van der Waals surface area contributed by atoms with E-state index in [1.807, 2.05) is 17.0 Å². The number of benzene rings is 1. The summed E-state index contributed by atoms with van der Waals surface area (Å²) in [6.45, 7) is 1.75. The molecule has 1 unspecified atom stereocenters. The minimum absolute atomic E-state index is 0.153. The molecule has 7 nitrogen and oxygen atoms in total. The first-order valence-corrected chi connectivity index (χ1v) is 9.00. The van der Waals surface area contributed by atoms with E-state index in [0.29, 0.717) is 25.5 Å². The van der Waals surface area contributed by atoms with Crippen LogP contribution in [0.15, 0.2) is 48.8 Å². The highest BCUT2D eigenvalue weighted by Crippen LogP contribution is 2.25. The van der Waals surface area contributed by atoms with Crippen LogP contribution in [0, 0.1) is 5.82 Å². The predicted octanol–water partition coefficient (Wildman–Crippen LogP) is 3.21. The van der Waals surface area contributed by atoms with E-state index in [9.17, 15) is 9.18 Å². The molecule has 27 heavy (non-hydrogen) atoms. The fourth-order valence-corrected chi connectivity index (χ4v) is 3.47. The fourth-order valence-electron chi connectivity index (χ4n) is 3.47. The van der Waals surface area contributed by atoms with Crippen LogP contribution in [0.25, 0.3) is 0 Å². The molecule has 0 bridgehead atoms. The first-order valence-electron chi connectivity index (χ1n) is 9.00. The van der Waals surface area contributed by atoms with Crippen molar-refractivity contribution in [3.8, 4) is 0 Å². The van der Waals surface area contributed by atoms with Crippen LogP contribution in [0.1, 0.15) is 30.0 Å². The summed E-state index contributed by atoms with van der Waals surface area (Å²) >= 11 is 0. The van der Waals surface area contributed by atoms with Crippen LogP contribution in [-0.2, 0) is 6.54 Å². The maximum Gasteiger partial charge on any atom is 0.323 e. The quantitative estimate of drug-likeness (QED) is 0.742. The number of anilines is 1. The van der Waals surface area contributed by atoms with Crippen LogP contribution in [0.5, 0.6) is 0 Å². The lowest BCUT2D eigenvalue weighted by Crippen LogP contribution is -2.42. The van der Waals surface area contributed by atoms with Gasteiger partial charge in [0.2, 0.25) is 0 Å². The standard InChI is InChI=1S/C19H21FN6O/c20-16-5-1-3-14(11-16)12-26-18(7-9-22-26)23-19(27)25-10-2-4-15(13-25)17-6-8-21-24-17/h1,3,5-9,11,15H,2,4,10,12-13H2,(H,21,24)(H,23,27). The Labute approximate surface area is 156 Å². The predicted molar refractivity (Wildman–Crippen MR) is 98.9 cm³/mol. The first kappa shape index (κ1) is 17.3. The van der Waals surface area contributed by atoms with Gasteiger partial charge in [-0.15, -0.1) is 0 Å². The highest BCUT2D eigenvalue weighted by Gasteiger charge is 2.26. The van der Waals surface area contributed by atoms with E-state index in [0.717, 1.165) is 24.1 Å². The summed E-state index contributed by atoms with van der Waals surface area (Å²) in [5.41, 5.74) is 1.84. The van der Waals surface area contributed by atoms with Crippen LogP contribution in [0.3, 0.4) is 0 Å². The number of piperidine rings is 1. The van der Waals surface area contributed by atoms with Crippen molar-refractivity contribution in [1.29, 1.82) is 0 Å². The molecule has 2 amide bonds. The van der Waals surface area contributed by atoms with Gasteiger partial charge < -0.3 is 4.90 Å². The molecule has 3 heterocycles. The van der Waals surface area contributed by atoms with E-state index in [-0.39, 0.29) is 17.8 Å². The SMILES string of the molecule is O=C(Nc1ccnn1Cc1cccc(F)c1)N1CCCC(c2ccn[nH]2)C1. The molecule has 140 valence electrons. The number of urea groups is 1. The second-order valence-electron chi connectivity index (χ2n) is 6.73. The van der Waals surface area contributed by atoms with Crippen molar-refractivity contribution in [3.63, 3.8) is 0 Å². The Morgan fingerprint density at radius 1 is 1.30 bits per heavy atom. The zero-order chi connectivity index (χ0) is 18.6. The summed E-state index contributed by atoms with van der Waals surface area (Å²) in [5, 5.41) is 14.2. The molecule has 1 aliphatic rings. The lowest BCUT2D eigenvalue weighted by Gasteiger charge is -2.32. The third kappa shape index (κ3) is 3.99. The molecule has 1 atom stereocenters. The van der Waals surface area contributed by atoms with Gasteiger partial charge in [0, 0.05) is 37.0 Å². The van der Waals surface area contributed by atoms with Gasteiger partial charge in [0.05, 0.1) is 12.7 Å². The van der Waals surface area contributed by atoms with Crippen LogP contribution >= 0.6 is 0 Å². The van der Waals surface area contributed by atoms with E-state index in [1.54, 1.807) is 29.2 Å². The Hall–Kier alpha value is -3.16. The van der Waals surface area contributed by atoms with E-state index in [1.165, 1.54) is 12.1 Å². The fraction of sp³-hybridized carbons (Fsp3) is 0.316. The topological polar surface area (TPSA) is 78.8 Å². The average Bonchev–Trinajstić information content (AvgIpc) is 3.35. The molecule has 2 N–H and O–H groups in total. The van der Waals surface area contributed by atoms with Gasteiger partial charge in [0.1, 0.15) is 11.6 Å². The molecule has 3 aromatic rings. The number of likely N-dealkylation sites (tertiary alicyclic amines) is 1. The van der Waals surface area contributed by atoms with Gasteiger partial charge in [0.15, 0.2) is 0 Å². The molecular weight excluding hydrogens is 347 g/mol. The van der Waals surface area contributed by atoms with Gasteiger partial charge >= 0.3 is 6.03 Å². The molecule has 0 radical (unpaired) electrons. The molecule has 4 rings (SSSR count). The normalized spacial score (nSPS) is 17.1. The summed E-state index contributed by atoms with van der Waals surface area (Å²) < 4.78 is 15.0. The number of carbonyl (C=O) groups is 1. The van der Waals surface area contributed by atoms with Crippen molar-refractivity contribution in [2.75, 3.05) is 18.4 Å². The average molecular weight is 368 g/mol. The second kappa shape index (κ2) is 7.61. The number of carbonyl (C=O) groups excluding carboxylic acids is 1. The molecule has 1 aromatic carbocycles. The molecule has 2 aromatic heterocycles. The van der Waals surface area contributed by atoms with Crippen molar-refractivity contribution in [1.82, 2.24) is 24.9 Å². The number of rotatable bonds is 4. The number of hydrogen-bond donors (Lipinski definition) is 2. The number of aromatic nitrogens is 4. The van der Waals surface area contributed by atoms with Gasteiger partial charge in [-0.3, -0.25) is 10.4 Å². The maximum atomic E-state index is 13.4. The van der Waals surface area contributed by atoms with Crippen molar-refractivity contribution < 1.29 is 9.18 Å². The molecule has 8 heteroatoms. The number of aromatic amines is 1. The number of halogens is 1. The Morgan fingerprint density at radius 2 is 2.22 bits per heavy atom.